The molecular formula is C16H17FN2O2. The number of hydrogen-bond acceptors (Lipinski definition) is 4. The minimum absolute atomic E-state index is 0.156. The largest absolute Gasteiger partial charge is 0.497 e. The lowest BCUT2D eigenvalue weighted by Gasteiger charge is -2.13. The highest BCUT2D eigenvalue weighted by molar-refractivity contribution is 5.52. The quantitative estimate of drug-likeness (QED) is 0.938. The minimum Gasteiger partial charge on any atom is -0.497 e. The second kappa shape index (κ2) is 5.60. The minimum atomic E-state index is -0.369. The third-order valence-electron chi connectivity index (χ3n) is 3.52. The van der Waals surface area contributed by atoms with Crippen LogP contribution in [0.15, 0.2) is 30.6 Å². The number of pyridine rings is 1. The summed E-state index contributed by atoms with van der Waals surface area (Å²) in [6.07, 6.45) is 3.77. The van der Waals surface area contributed by atoms with Gasteiger partial charge in [-0.25, -0.2) is 4.39 Å². The van der Waals surface area contributed by atoms with Crippen molar-refractivity contribution in [2.45, 2.75) is 26.0 Å². The summed E-state index contributed by atoms with van der Waals surface area (Å²) in [5.74, 6) is 1.30. The van der Waals surface area contributed by atoms with Crippen molar-refractivity contribution >= 4 is 5.69 Å². The molecule has 2 heterocycles. The molecule has 4 nitrogen and oxygen atoms in total. The Morgan fingerprint density at radius 3 is 3.10 bits per heavy atom. The summed E-state index contributed by atoms with van der Waals surface area (Å²) in [5.41, 5.74) is 2.52. The molecule has 0 saturated heterocycles. The van der Waals surface area contributed by atoms with Crippen LogP contribution in [0.2, 0.25) is 0 Å². The molecule has 1 aromatic carbocycles. The van der Waals surface area contributed by atoms with E-state index in [1.807, 2.05) is 19.1 Å². The SMILES string of the molecule is COc1cc(CNc2ccncc2F)c2c(c1)CC(C)O2. The number of rotatable bonds is 4. The fourth-order valence-electron chi connectivity index (χ4n) is 2.54. The number of hydrogen-bond donors (Lipinski definition) is 1. The molecule has 0 bridgehead atoms. The molecule has 3 rings (SSSR count). The Hall–Kier alpha value is -2.30. The van der Waals surface area contributed by atoms with E-state index < -0.39 is 0 Å². The van der Waals surface area contributed by atoms with Crippen LogP contribution in [-0.4, -0.2) is 18.2 Å². The second-order valence-electron chi connectivity index (χ2n) is 5.12. The number of methoxy groups -OCH3 is 1. The predicted molar refractivity (Wildman–Crippen MR) is 78.3 cm³/mol. The summed E-state index contributed by atoms with van der Waals surface area (Å²) in [6, 6.07) is 5.53. The van der Waals surface area contributed by atoms with Gasteiger partial charge >= 0.3 is 0 Å². The highest BCUT2D eigenvalue weighted by Crippen LogP contribution is 2.36. The Morgan fingerprint density at radius 2 is 2.33 bits per heavy atom. The lowest BCUT2D eigenvalue weighted by Crippen LogP contribution is -2.07. The summed E-state index contributed by atoms with van der Waals surface area (Å²) >= 11 is 0. The molecule has 1 aromatic heterocycles. The smallest absolute Gasteiger partial charge is 0.164 e. The molecule has 2 aromatic rings. The van der Waals surface area contributed by atoms with Crippen molar-refractivity contribution < 1.29 is 13.9 Å². The van der Waals surface area contributed by atoms with Gasteiger partial charge in [-0.15, -0.1) is 0 Å². The summed E-state index contributed by atoms with van der Waals surface area (Å²) in [7, 11) is 1.64. The predicted octanol–water partition coefficient (Wildman–Crippen LogP) is 3.16. The van der Waals surface area contributed by atoms with E-state index in [-0.39, 0.29) is 11.9 Å². The summed E-state index contributed by atoms with van der Waals surface area (Å²) < 4.78 is 24.8. The van der Waals surface area contributed by atoms with Crippen molar-refractivity contribution in [1.82, 2.24) is 4.98 Å². The van der Waals surface area contributed by atoms with Crippen LogP contribution < -0.4 is 14.8 Å². The molecule has 1 unspecified atom stereocenters. The summed E-state index contributed by atoms with van der Waals surface area (Å²) in [4.78, 5) is 3.74. The lowest BCUT2D eigenvalue weighted by atomic mass is 10.1. The van der Waals surface area contributed by atoms with Crippen LogP contribution in [0, 0.1) is 5.82 Å². The van der Waals surface area contributed by atoms with Crippen LogP contribution in [0.4, 0.5) is 10.1 Å². The molecule has 0 saturated carbocycles. The molecule has 0 amide bonds. The van der Waals surface area contributed by atoms with E-state index >= 15 is 0 Å². The van der Waals surface area contributed by atoms with Gasteiger partial charge in [0, 0.05) is 30.3 Å². The van der Waals surface area contributed by atoms with Crippen LogP contribution in [0.1, 0.15) is 18.1 Å². The van der Waals surface area contributed by atoms with Crippen molar-refractivity contribution in [3.8, 4) is 11.5 Å². The van der Waals surface area contributed by atoms with E-state index in [0.717, 1.165) is 29.0 Å². The molecule has 0 aliphatic carbocycles. The number of anilines is 1. The number of ether oxygens (including phenoxy) is 2. The Balaban J connectivity index is 1.85. The fraction of sp³-hybridized carbons (Fsp3) is 0.312. The molecular weight excluding hydrogens is 271 g/mol. The number of fused-ring (bicyclic) bond motifs is 1. The van der Waals surface area contributed by atoms with Gasteiger partial charge in [0.15, 0.2) is 5.82 Å². The van der Waals surface area contributed by atoms with Crippen LogP contribution in [0.5, 0.6) is 11.5 Å². The molecule has 1 aliphatic heterocycles. The van der Waals surface area contributed by atoms with Gasteiger partial charge in [0.05, 0.1) is 19.0 Å². The summed E-state index contributed by atoms with van der Waals surface area (Å²) in [5, 5.41) is 3.07. The van der Waals surface area contributed by atoms with E-state index in [1.165, 1.54) is 6.20 Å². The topological polar surface area (TPSA) is 43.4 Å². The normalized spacial score (nSPS) is 16.2. The highest BCUT2D eigenvalue weighted by Gasteiger charge is 2.23. The third-order valence-corrected chi connectivity index (χ3v) is 3.52. The lowest BCUT2D eigenvalue weighted by molar-refractivity contribution is 0.252. The Morgan fingerprint density at radius 1 is 1.48 bits per heavy atom. The maximum absolute atomic E-state index is 13.6. The van der Waals surface area contributed by atoms with Crippen molar-refractivity contribution in [3.05, 3.63) is 47.5 Å². The molecule has 1 aliphatic rings. The molecule has 0 radical (unpaired) electrons. The first-order valence-electron chi connectivity index (χ1n) is 6.87. The Bertz CT molecular complexity index is 661. The maximum Gasteiger partial charge on any atom is 0.164 e. The first-order valence-corrected chi connectivity index (χ1v) is 6.87. The van der Waals surface area contributed by atoms with E-state index in [2.05, 4.69) is 10.3 Å². The summed E-state index contributed by atoms with van der Waals surface area (Å²) in [6.45, 7) is 2.50. The van der Waals surface area contributed by atoms with Gasteiger partial charge in [0.25, 0.3) is 0 Å². The molecule has 1 N–H and O–H groups in total. The number of nitrogens with zero attached hydrogens (tertiary/aromatic N) is 1. The van der Waals surface area contributed by atoms with E-state index in [4.69, 9.17) is 9.47 Å². The Labute approximate surface area is 122 Å². The van der Waals surface area contributed by atoms with Crippen LogP contribution in [0.3, 0.4) is 0 Å². The van der Waals surface area contributed by atoms with Gasteiger partial charge in [-0.2, -0.15) is 0 Å². The first-order chi connectivity index (χ1) is 10.2. The van der Waals surface area contributed by atoms with Crippen molar-refractivity contribution in [2.24, 2.45) is 0 Å². The zero-order valence-corrected chi connectivity index (χ0v) is 12.0. The van der Waals surface area contributed by atoms with Gasteiger partial charge in [-0.3, -0.25) is 4.98 Å². The van der Waals surface area contributed by atoms with Crippen molar-refractivity contribution in [3.63, 3.8) is 0 Å². The first kappa shape index (κ1) is 13.7. The zero-order chi connectivity index (χ0) is 14.8. The maximum atomic E-state index is 13.6. The standard InChI is InChI=1S/C16H17FN2O2/c1-10-5-11-6-13(20-2)7-12(16(11)21-10)8-19-15-3-4-18-9-14(15)17/h3-4,6-7,9-10H,5,8H2,1-2H3,(H,18,19). The zero-order valence-electron chi connectivity index (χ0n) is 12.0. The molecule has 110 valence electrons. The fourth-order valence-corrected chi connectivity index (χ4v) is 2.54. The number of aromatic nitrogens is 1. The van der Waals surface area contributed by atoms with Crippen LogP contribution in [0.25, 0.3) is 0 Å². The Kier molecular flexibility index (Phi) is 3.64. The van der Waals surface area contributed by atoms with Crippen LogP contribution in [-0.2, 0) is 13.0 Å². The van der Waals surface area contributed by atoms with Gasteiger partial charge in [0.1, 0.15) is 17.6 Å². The van der Waals surface area contributed by atoms with E-state index in [0.29, 0.717) is 12.2 Å². The number of nitrogens with one attached hydrogen (secondary N) is 1. The van der Waals surface area contributed by atoms with E-state index in [1.54, 1.807) is 19.4 Å². The van der Waals surface area contributed by atoms with Gasteiger partial charge in [0.2, 0.25) is 0 Å². The third kappa shape index (κ3) is 2.77. The van der Waals surface area contributed by atoms with Gasteiger partial charge in [-0.05, 0) is 25.1 Å². The van der Waals surface area contributed by atoms with E-state index in [9.17, 15) is 4.39 Å². The molecule has 21 heavy (non-hydrogen) atoms. The van der Waals surface area contributed by atoms with Gasteiger partial charge < -0.3 is 14.8 Å². The molecule has 1 atom stereocenters. The van der Waals surface area contributed by atoms with Crippen molar-refractivity contribution in [1.29, 1.82) is 0 Å². The van der Waals surface area contributed by atoms with Crippen molar-refractivity contribution in [2.75, 3.05) is 12.4 Å². The number of halogens is 1. The molecule has 0 spiro atoms. The van der Waals surface area contributed by atoms with Crippen LogP contribution >= 0.6 is 0 Å². The average molecular weight is 288 g/mol. The monoisotopic (exact) mass is 288 g/mol. The highest BCUT2D eigenvalue weighted by atomic mass is 19.1. The van der Waals surface area contributed by atoms with Gasteiger partial charge in [-0.1, -0.05) is 0 Å². The molecule has 5 heteroatoms. The molecule has 0 fully saturated rings. The number of benzene rings is 1. The average Bonchev–Trinajstić information content (AvgIpc) is 2.86. The second-order valence-corrected chi connectivity index (χ2v) is 5.12.